The molecule has 0 aliphatic heterocycles. The number of ketones is 1. The van der Waals surface area contributed by atoms with E-state index >= 15 is 0 Å². The van der Waals surface area contributed by atoms with Gasteiger partial charge in [-0.15, -0.1) is 0 Å². The molecular formula is C26H21F3N4O4. The first kappa shape index (κ1) is 26.7. The van der Waals surface area contributed by atoms with Gasteiger partial charge in [0.2, 0.25) is 5.78 Å². The highest BCUT2D eigenvalue weighted by Crippen LogP contribution is 2.34. The molecule has 0 unspecified atom stereocenters. The second-order valence-corrected chi connectivity index (χ2v) is 7.51. The van der Waals surface area contributed by atoms with Crippen LogP contribution in [0.3, 0.4) is 0 Å². The van der Waals surface area contributed by atoms with E-state index in [4.69, 9.17) is 4.74 Å². The lowest BCUT2D eigenvalue weighted by molar-refractivity contribution is -0.138. The molecular weight excluding hydrogens is 489 g/mol. The number of rotatable bonds is 7. The average molecular weight is 510 g/mol. The quantitative estimate of drug-likeness (QED) is 0.305. The molecule has 0 aliphatic carbocycles. The molecule has 0 aliphatic rings. The third-order valence-corrected chi connectivity index (χ3v) is 4.83. The van der Waals surface area contributed by atoms with Crippen LogP contribution in [0.5, 0.6) is 11.5 Å². The Morgan fingerprint density at radius 1 is 0.946 bits per heavy atom. The van der Waals surface area contributed by atoms with Crippen molar-refractivity contribution in [2.75, 3.05) is 17.7 Å². The Bertz CT molecular complexity index is 1380. The van der Waals surface area contributed by atoms with Gasteiger partial charge in [0.05, 0.1) is 5.56 Å². The normalized spacial score (nSPS) is 10.5. The fourth-order valence-electron chi connectivity index (χ4n) is 3.19. The smallest absolute Gasteiger partial charge is 0.416 e. The monoisotopic (exact) mass is 510 g/mol. The number of pyridine rings is 1. The number of urea groups is 1. The molecule has 3 N–H and O–H groups in total. The highest BCUT2D eigenvalue weighted by Gasteiger charge is 2.34. The summed E-state index contributed by atoms with van der Waals surface area (Å²) in [5, 5.41) is 7.32. The lowest BCUT2D eigenvalue weighted by Gasteiger charge is -2.15. The fraction of sp³-hybridized carbons (Fsp3) is 0.154. The number of halogens is 3. The van der Waals surface area contributed by atoms with Gasteiger partial charge in [0.1, 0.15) is 17.2 Å². The molecule has 11 heteroatoms. The molecule has 8 nitrogen and oxygen atoms in total. The number of ether oxygens (including phenoxy) is 1. The van der Waals surface area contributed by atoms with Crippen LogP contribution in [0.25, 0.3) is 0 Å². The summed E-state index contributed by atoms with van der Waals surface area (Å²) in [4.78, 5) is 39.7. The maximum absolute atomic E-state index is 13.5. The van der Waals surface area contributed by atoms with Crippen LogP contribution in [-0.2, 0) is 17.4 Å². The van der Waals surface area contributed by atoms with E-state index in [0.29, 0.717) is 17.2 Å². The lowest BCUT2D eigenvalue weighted by Crippen LogP contribution is -2.20. The van der Waals surface area contributed by atoms with Crippen LogP contribution in [-0.4, -0.2) is 29.8 Å². The van der Waals surface area contributed by atoms with Gasteiger partial charge in [-0.2, -0.15) is 13.2 Å². The van der Waals surface area contributed by atoms with Crippen LogP contribution in [0.15, 0.2) is 60.8 Å². The number of aromatic nitrogens is 1. The SMILES string of the molecule is CC#CC(=O)Cc1ccc(NC(=O)Nc2ccc(Oc3ccnc(C(=O)NC)c3)cc2)cc1C(F)(F)F. The molecule has 0 fully saturated rings. The Balaban J connectivity index is 1.66. The molecule has 0 saturated heterocycles. The van der Waals surface area contributed by atoms with E-state index in [-0.39, 0.29) is 22.9 Å². The van der Waals surface area contributed by atoms with Crippen molar-refractivity contribution in [3.8, 4) is 23.3 Å². The molecule has 190 valence electrons. The minimum atomic E-state index is -4.73. The van der Waals surface area contributed by atoms with Crippen LogP contribution in [0.2, 0.25) is 0 Å². The summed E-state index contributed by atoms with van der Waals surface area (Å²) < 4.78 is 46.2. The number of carbonyl (C=O) groups is 3. The molecule has 1 aromatic heterocycles. The van der Waals surface area contributed by atoms with Crippen molar-refractivity contribution < 1.29 is 32.3 Å². The fourth-order valence-corrected chi connectivity index (χ4v) is 3.19. The van der Waals surface area contributed by atoms with Gasteiger partial charge in [-0.05, 0) is 60.9 Å². The first-order valence-electron chi connectivity index (χ1n) is 10.8. The van der Waals surface area contributed by atoms with Crippen molar-refractivity contribution in [1.82, 2.24) is 10.3 Å². The Labute approximate surface area is 210 Å². The number of amides is 3. The van der Waals surface area contributed by atoms with Crippen molar-refractivity contribution >= 4 is 29.1 Å². The standard InChI is InChI=1S/C26H21F3N4O4/c1-3-4-19(34)13-16-5-6-18(14-22(16)26(27,28)29)33-25(36)32-17-7-9-20(10-8-17)37-21-11-12-31-23(15-21)24(35)30-2/h5-12,14-15H,13H2,1-2H3,(H,30,35)(H2,32,33,36). The summed E-state index contributed by atoms with van der Waals surface area (Å²) in [5.41, 5.74) is -0.848. The molecule has 0 radical (unpaired) electrons. The highest BCUT2D eigenvalue weighted by atomic mass is 19.4. The summed E-state index contributed by atoms with van der Waals surface area (Å²) in [6, 6.07) is 11.6. The molecule has 3 rings (SSSR count). The molecule has 1 heterocycles. The van der Waals surface area contributed by atoms with Crippen LogP contribution >= 0.6 is 0 Å². The molecule has 3 amide bonds. The molecule has 2 aromatic carbocycles. The first-order valence-corrected chi connectivity index (χ1v) is 10.8. The number of nitrogens with one attached hydrogen (secondary N) is 3. The van der Waals surface area contributed by atoms with Gasteiger partial charge in [-0.3, -0.25) is 14.6 Å². The second kappa shape index (κ2) is 11.7. The van der Waals surface area contributed by atoms with Crippen molar-refractivity contribution in [2.24, 2.45) is 0 Å². The third kappa shape index (κ3) is 7.57. The second-order valence-electron chi connectivity index (χ2n) is 7.51. The van der Waals surface area contributed by atoms with Crippen molar-refractivity contribution in [3.63, 3.8) is 0 Å². The summed E-state index contributed by atoms with van der Waals surface area (Å²) in [6.45, 7) is 1.42. The summed E-state index contributed by atoms with van der Waals surface area (Å²) in [5.74, 6) is 4.34. The van der Waals surface area contributed by atoms with E-state index in [1.165, 1.54) is 44.4 Å². The molecule has 3 aromatic rings. The zero-order valence-electron chi connectivity index (χ0n) is 19.7. The number of hydrogen-bond acceptors (Lipinski definition) is 5. The molecule has 0 spiro atoms. The van der Waals surface area contributed by atoms with Gasteiger partial charge in [0.25, 0.3) is 5.91 Å². The maximum atomic E-state index is 13.5. The van der Waals surface area contributed by atoms with E-state index < -0.39 is 30.0 Å². The maximum Gasteiger partial charge on any atom is 0.416 e. The van der Waals surface area contributed by atoms with E-state index in [1.54, 1.807) is 18.2 Å². The number of nitrogens with zero attached hydrogens (tertiary/aromatic N) is 1. The molecule has 0 saturated carbocycles. The zero-order valence-corrected chi connectivity index (χ0v) is 19.7. The zero-order chi connectivity index (χ0) is 27.0. The predicted molar refractivity (Wildman–Crippen MR) is 130 cm³/mol. The van der Waals surface area contributed by atoms with Gasteiger partial charge in [0, 0.05) is 37.1 Å². The number of anilines is 2. The predicted octanol–water partition coefficient (Wildman–Crippen LogP) is 5.03. The van der Waals surface area contributed by atoms with E-state index in [0.717, 1.165) is 12.1 Å². The summed E-state index contributed by atoms with van der Waals surface area (Å²) in [7, 11) is 1.48. The van der Waals surface area contributed by atoms with Crippen molar-refractivity contribution in [3.05, 3.63) is 77.6 Å². The molecule has 0 atom stereocenters. The van der Waals surface area contributed by atoms with Gasteiger partial charge < -0.3 is 20.7 Å². The average Bonchev–Trinajstić information content (AvgIpc) is 2.85. The molecule has 37 heavy (non-hydrogen) atoms. The van der Waals surface area contributed by atoms with Crippen molar-refractivity contribution in [2.45, 2.75) is 19.5 Å². The summed E-state index contributed by atoms with van der Waals surface area (Å²) >= 11 is 0. The van der Waals surface area contributed by atoms with E-state index in [9.17, 15) is 27.6 Å². The van der Waals surface area contributed by atoms with Crippen LogP contribution in [0.4, 0.5) is 29.3 Å². The number of hydrogen-bond donors (Lipinski definition) is 3. The van der Waals surface area contributed by atoms with Crippen LogP contribution in [0.1, 0.15) is 28.5 Å². The van der Waals surface area contributed by atoms with Crippen molar-refractivity contribution in [1.29, 1.82) is 0 Å². The van der Waals surface area contributed by atoms with Gasteiger partial charge in [-0.25, -0.2) is 4.79 Å². The first-order chi connectivity index (χ1) is 17.6. The minimum Gasteiger partial charge on any atom is -0.457 e. The molecule has 0 bridgehead atoms. The van der Waals surface area contributed by atoms with Crippen LogP contribution < -0.4 is 20.7 Å². The number of benzene rings is 2. The van der Waals surface area contributed by atoms with Gasteiger partial charge in [0.15, 0.2) is 0 Å². The van der Waals surface area contributed by atoms with E-state index in [2.05, 4.69) is 32.8 Å². The lowest BCUT2D eigenvalue weighted by atomic mass is 10.0. The Morgan fingerprint density at radius 2 is 1.62 bits per heavy atom. The number of alkyl halides is 3. The topological polar surface area (TPSA) is 109 Å². The Kier molecular flexibility index (Phi) is 8.47. The minimum absolute atomic E-state index is 0.104. The third-order valence-electron chi connectivity index (χ3n) is 4.83. The van der Waals surface area contributed by atoms with Gasteiger partial charge >= 0.3 is 12.2 Å². The summed E-state index contributed by atoms with van der Waals surface area (Å²) in [6.07, 6.45) is -3.80. The Hall–Kier alpha value is -4.85. The number of Topliss-reactive ketones (excluding diaryl/α,β-unsaturated/α-hetero) is 1. The largest absolute Gasteiger partial charge is 0.457 e. The van der Waals surface area contributed by atoms with Crippen LogP contribution in [0, 0.1) is 11.8 Å². The Morgan fingerprint density at radius 3 is 2.27 bits per heavy atom. The highest BCUT2D eigenvalue weighted by molar-refractivity contribution is 6.00. The van der Waals surface area contributed by atoms with E-state index in [1.807, 2.05) is 0 Å². The van der Waals surface area contributed by atoms with Gasteiger partial charge in [-0.1, -0.05) is 12.0 Å². The number of carbonyl (C=O) groups excluding carboxylic acids is 3.